The van der Waals surface area contributed by atoms with Crippen molar-refractivity contribution in [1.29, 1.82) is 0 Å². The summed E-state index contributed by atoms with van der Waals surface area (Å²) in [6, 6.07) is 6.96. The standard InChI is InChI=1S/C20H26B3N9O3/c1-30-7-8-32(19(30)34)14-9-13(15(28-27-14)18(33)26-20(21,22)23)25-12-6-4-5-11(16(12)35-3)17-24-10-31(2)29-17/h4-6,9-10H,7-8,21-23H2,1-3H3,(H,25,27)(H,26,33). The molecule has 1 aliphatic heterocycles. The molecule has 1 fully saturated rings. The lowest BCUT2D eigenvalue weighted by molar-refractivity contribution is 0.0947. The van der Waals surface area contributed by atoms with Crippen LogP contribution in [-0.2, 0) is 7.05 Å². The highest BCUT2D eigenvalue weighted by Crippen LogP contribution is 2.37. The Hall–Kier alpha value is -4.03. The molecule has 1 aromatic carbocycles. The molecular weight excluding hydrogens is 447 g/mol. The Labute approximate surface area is 205 Å². The molecule has 1 saturated heterocycles. The number of urea groups is 1. The zero-order valence-corrected chi connectivity index (χ0v) is 20.7. The van der Waals surface area contributed by atoms with Crippen molar-refractivity contribution in [2.75, 3.05) is 37.5 Å². The van der Waals surface area contributed by atoms with Gasteiger partial charge in [0, 0.05) is 33.3 Å². The van der Waals surface area contributed by atoms with Crippen molar-refractivity contribution in [3.05, 3.63) is 36.3 Å². The van der Waals surface area contributed by atoms with Gasteiger partial charge in [0.05, 0.1) is 24.0 Å². The quantitative estimate of drug-likeness (QED) is 0.383. The normalized spacial score (nSPS) is 13.7. The summed E-state index contributed by atoms with van der Waals surface area (Å²) >= 11 is 0. The Balaban J connectivity index is 1.78. The van der Waals surface area contributed by atoms with Crippen LogP contribution in [0.2, 0.25) is 0 Å². The third-order valence-corrected chi connectivity index (χ3v) is 5.31. The third-order valence-electron chi connectivity index (χ3n) is 5.31. The third kappa shape index (κ3) is 5.08. The number of hydrogen-bond donors (Lipinski definition) is 2. The number of nitrogens with zero attached hydrogens (tertiary/aromatic N) is 7. The average molecular weight is 473 g/mol. The van der Waals surface area contributed by atoms with Gasteiger partial charge in [-0.05, 0) is 17.4 Å². The van der Waals surface area contributed by atoms with E-state index in [2.05, 4.69) is 30.9 Å². The van der Waals surface area contributed by atoms with Crippen molar-refractivity contribution >= 4 is 52.7 Å². The zero-order chi connectivity index (χ0) is 25.3. The van der Waals surface area contributed by atoms with E-state index in [1.54, 1.807) is 43.2 Å². The minimum absolute atomic E-state index is 0.0899. The predicted octanol–water partition coefficient (Wildman–Crippen LogP) is -1.86. The number of nitrogens with one attached hydrogen (secondary N) is 2. The summed E-state index contributed by atoms with van der Waals surface area (Å²) in [6.45, 7) is 1.05. The number of likely N-dealkylation sites (N-methyl/N-ethyl adjacent to an activating group) is 1. The lowest BCUT2D eigenvalue weighted by Gasteiger charge is -2.22. The van der Waals surface area contributed by atoms with E-state index in [0.29, 0.717) is 47.4 Å². The van der Waals surface area contributed by atoms with Crippen molar-refractivity contribution < 1.29 is 14.3 Å². The molecule has 12 nitrogen and oxygen atoms in total. The molecule has 2 N–H and O–H groups in total. The maximum absolute atomic E-state index is 13.1. The molecule has 15 heteroatoms. The topological polar surface area (TPSA) is 130 Å². The van der Waals surface area contributed by atoms with Gasteiger partial charge in [0.1, 0.15) is 29.9 Å². The Kier molecular flexibility index (Phi) is 6.42. The SMILES string of the molecule is BC(B)(B)NC(=O)c1nnc(N2CCN(C)C2=O)cc1Nc1cccc(-c2ncn(C)n2)c1OC. The molecule has 178 valence electrons. The van der Waals surface area contributed by atoms with Crippen molar-refractivity contribution in [1.82, 2.24) is 35.2 Å². The molecule has 4 rings (SSSR count). The lowest BCUT2D eigenvalue weighted by Crippen LogP contribution is -2.50. The van der Waals surface area contributed by atoms with Crippen LogP contribution in [0.1, 0.15) is 10.5 Å². The summed E-state index contributed by atoms with van der Waals surface area (Å²) in [5, 5.41) is 18.4. The highest BCUT2D eigenvalue weighted by atomic mass is 16.5. The molecule has 3 amide bonds. The fraction of sp³-hybridized carbons (Fsp3) is 0.300. The van der Waals surface area contributed by atoms with Crippen LogP contribution in [0.15, 0.2) is 30.6 Å². The Morgan fingerprint density at radius 3 is 2.51 bits per heavy atom. The molecule has 0 unspecified atom stereocenters. The molecule has 1 aliphatic rings. The number of ether oxygens (including phenoxy) is 1. The van der Waals surface area contributed by atoms with Gasteiger partial charge >= 0.3 is 6.03 Å². The minimum atomic E-state index is -0.482. The van der Waals surface area contributed by atoms with E-state index in [4.69, 9.17) is 4.74 Å². The van der Waals surface area contributed by atoms with Crippen molar-refractivity contribution in [2.24, 2.45) is 7.05 Å². The second kappa shape index (κ2) is 9.32. The maximum Gasteiger partial charge on any atom is 0.325 e. The number of para-hydroxylation sites is 1. The molecule has 0 bridgehead atoms. The average Bonchev–Trinajstić information content (AvgIpc) is 3.37. The number of aryl methyl sites for hydroxylation is 1. The minimum Gasteiger partial charge on any atom is -0.494 e. The smallest absolute Gasteiger partial charge is 0.325 e. The number of amides is 3. The summed E-state index contributed by atoms with van der Waals surface area (Å²) in [7, 11) is 10.7. The maximum atomic E-state index is 13.1. The van der Waals surface area contributed by atoms with Gasteiger partial charge in [-0.2, -0.15) is 5.10 Å². The monoisotopic (exact) mass is 473 g/mol. The van der Waals surface area contributed by atoms with E-state index in [1.165, 1.54) is 4.90 Å². The first-order chi connectivity index (χ1) is 16.6. The molecule has 3 heterocycles. The molecule has 0 saturated carbocycles. The highest BCUT2D eigenvalue weighted by molar-refractivity contribution is 6.60. The summed E-state index contributed by atoms with van der Waals surface area (Å²) in [5.74, 6) is 0.940. The lowest BCUT2D eigenvalue weighted by atomic mass is 9.49. The molecule has 0 radical (unpaired) electrons. The molecule has 35 heavy (non-hydrogen) atoms. The van der Waals surface area contributed by atoms with Crippen LogP contribution < -0.4 is 20.3 Å². The van der Waals surface area contributed by atoms with Crippen LogP contribution >= 0.6 is 0 Å². The van der Waals surface area contributed by atoms with Crippen molar-refractivity contribution in [3.63, 3.8) is 0 Å². The summed E-state index contributed by atoms with van der Waals surface area (Å²) in [5.41, 5.74) is 1.72. The van der Waals surface area contributed by atoms with Gasteiger partial charge in [-0.1, -0.05) is 6.07 Å². The van der Waals surface area contributed by atoms with Gasteiger partial charge in [-0.3, -0.25) is 14.4 Å². The number of aromatic nitrogens is 5. The van der Waals surface area contributed by atoms with Crippen LogP contribution in [0.25, 0.3) is 11.4 Å². The van der Waals surface area contributed by atoms with E-state index >= 15 is 0 Å². The number of rotatable bonds is 7. The summed E-state index contributed by atoms with van der Waals surface area (Å²) < 4.78 is 7.30. The predicted molar refractivity (Wildman–Crippen MR) is 140 cm³/mol. The van der Waals surface area contributed by atoms with Gasteiger partial charge in [-0.25, -0.2) is 9.78 Å². The van der Waals surface area contributed by atoms with E-state index in [9.17, 15) is 9.59 Å². The van der Waals surface area contributed by atoms with Gasteiger partial charge in [0.15, 0.2) is 23.1 Å². The van der Waals surface area contributed by atoms with Crippen LogP contribution in [0, 0.1) is 0 Å². The van der Waals surface area contributed by atoms with Crippen molar-refractivity contribution in [2.45, 2.75) is 5.24 Å². The Bertz CT molecular complexity index is 1280. The summed E-state index contributed by atoms with van der Waals surface area (Å²) in [4.78, 5) is 33.0. The highest BCUT2D eigenvalue weighted by Gasteiger charge is 2.30. The zero-order valence-electron chi connectivity index (χ0n) is 20.7. The molecule has 0 atom stereocenters. The number of anilines is 3. The largest absolute Gasteiger partial charge is 0.494 e. The first kappa shape index (κ1) is 24.1. The molecule has 3 aromatic rings. The first-order valence-electron chi connectivity index (χ1n) is 11.1. The Morgan fingerprint density at radius 1 is 1.14 bits per heavy atom. The number of methoxy groups -OCH3 is 1. The van der Waals surface area contributed by atoms with Gasteiger partial charge < -0.3 is 20.3 Å². The van der Waals surface area contributed by atoms with Crippen molar-refractivity contribution in [3.8, 4) is 17.1 Å². The number of carbonyl (C=O) groups is 2. The first-order valence-corrected chi connectivity index (χ1v) is 11.1. The van der Waals surface area contributed by atoms with Gasteiger partial charge in [0.2, 0.25) is 0 Å². The van der Waals surface area contributed by atoms with Crippen LogP contribution in [0.5, 0.6) is 5.75 Å². The summed E-state index contributed by atoms with van der Waals surface area (Å²) in [6.07, 6.45) is 1.60. The fourth-order valence-corrected chi connectivity index (χ4v) is 3.68. The molecular formula is C20H26B3N9O3. The van der Waals surface area contributed by atoms with Gasteiger partial charge in [-0.15, -0.1) is 10.2 Å². The number of hydrogen-bond acceptors (Lipinski definition) is 8. The second-order valence-corrected chi connectivity index (χ2v) is 9.28. The molecule has 2 aromatic heterocycles. The van der Waals surface area contributed by atoms with Crippen LogP contribution in [0.4, 0.5) is 22.0 Å². The number of carbonyl (C=O) groups excluding carboxylic acids is 2. The van der Waals surface area contributed by atoms with E-state index in [-0.39, 0.29) is 11.7 Å². The Morgan fingerprint density at radius 2 is 1.91 bits per heavy atom. The van der Waals surface area contributed by atoms with Crippen LogP contribution in [0.3, 0.4) is 0 Å². The van der Waals surface area contributed by atoms with E-state index in [0.717, 1.165) is 0 Å². The molecule has 0 aliphatic carbocycles. The fourth-order valence-electron chi connectivity index (χ4n) is 3.68. The van der Waals surface area contributed by atoms with E-state index < -0.39 is 11.1 Å². The van der Waals surface area contributed by atoms with Gasteiger partial charge in [0.25, 0.3) is 5.91 Å². The number of benzene rings is 1. The second-order valence-electron chi connectivity index (χ2n) is 9.28. The molecule has 0 spiro atoms. The van der Waals surface area contributed by atoms with Crippen LogP contribution in [-0.4, -0.2) is 97.8 Å². The van der Waals surface area contributed by atoms with E-state index in [1.807, 2.05) is 41.7 Å².